The van der Waals surface area contributed by atoms with Crippen molar-refractivity contribution in [3.8, 4) is 0 Å². The predicted molar refractivity (Wildman–Crippen MR) is 85.0 cm³/mol. The Morgan fingerprint density at radius 3 is 2.48 bits per heavy atom. The van der Waals surface area contributed by atoms with Crippen LogP contribution in [0, 0.1) is 5.92 Å². The van der Waals surface area contributed by atoms with Crippen molar-refractivity contribution >= 4 is 13.6 Å². The zero-order valence-corrected chi connectivity index (χ0v) is 15.1. The van der Waals surface area contributed by atoms with Gasteiger partial charge in [0.25, 0.3) is 0 Å². The van der Waals surface area contributed by atoms with E-state index in [9.17, 15) is 19.1 Å². The SMILES string of the molecule is CCOC(=O)C(CC)(C(CC)COC1CCCCO1)P(=O)(O)O. The van der Waals surface area contributed by atoms with Crippen LogP contribution in [0.2, 0.25) is 0 Å². The van der Waals surface area contributed by atoms with Gasteiger partial charge in [-0.1, -0.05) is 13.8 Å². The predicted octanol–water partition coefficient (Wildman–Crippen LogP) is 2.45. The standard InChI is InChI=1S/C15H29O7P/c1-4-12(11-22-13-9-7-8-10-21-13)15(5-2,23(17,18)19)14(16)20-6-3/h12-13H,4-11H2,1-3H3,(H2,17,18,19). The summed E-state index contributed by atoms with van der Waals surface area (Å²) < 4.78 is 28.3. The molecule has 23 heavy (non-hydrogen) atoms. The van der Waals surface area contributed by atoms with E-state index in [0.29, 0.717) is 13.0 Å². The summed E-state index contributed by atoms with van der Waals surface area (Å²) in [6, 6.07) is 0. The van der Waals surface area contributed by atoms with Gasteiger partial charge in [-0.2, -0.15) is 0 Å². The molecule has 136 valence electrons. The molecule has 1 aliphatic heterocycles. The third-order valence-electron chi connectivity index (χ3n) is 4.48. The topological polar surface area (TPSA) is 102 Å². The Balaban J connectivity index is 2.95. The summed E-state index contributed by atoms with van der Waals surface area (Å²) in [5.74, 6) is -1.49. The molecule has 7 nitrogen and oxygen atoms in total. The molecule has 0 saturated carbocycles. The monoisotopic (exact) mass is 352 g/mol. The second kappa shape index (κ2) is 9.14. The zero-order chi connectivity index (χ0) is 17.5. The van der Waals surface area contributed by atoms with Gasteiger partial charge in [-0.25, -0.2) is 0 Å². The lowest BCUT2D eigenvalue weighted by Crippen LogP contribution is -2.48. The molecule has 0 radical (unpaired) electrons. The van der Waals surface area contributed by atoms with Gasteiger partial charge < -0.3 is 24.0 Å². The molecule has 3 unspecified atom stereocenters. The summed E-state index contributed by atoms with van der Waals surface area (Å²) in [5.41, 5.74) is 0. The number of esters is 1. The lowest BCUT2D eigenvalue weighted by Gasteiger charge is -2.38. The normalized spacial score (nSPS) is 23.1. The van der Waals surface area contributed by atoms with Gasteiger partial charge in [0.1, 0.15) is 0 Å². The molecule has 0 spiro atoms. The fourth-order valence-corrected chi connectivity index (χ4v) is 4.53. The maximum absolute atomic E-state index is 12.4. The minimum atomic E-state index is -4.73. The highest BCUT2D eigenvalue weighted by Gasteiger charge is 2.58. The third-order valence-corrected chi connectivity index (χ3v) is 6.38. The van der Waals surface area contributed by atoms with Crippen molar-refractivity contribution < 1.29 is 33.4 Å². The smallest absolute Gasteiger partial charge is 0.343 e. The van der Waals surface area contributed by atoms with Crippen molar-refractivity contribution in [1.29, 1.82) is 0 Å². The van der Waals surface area contributed by atoms with E-state index in [1.807, 2.05) is 0 Å². The van der Waals surface area contributed by atoms with E-state index in [0.717, 1.165) is 19.3 Å². The number of rotatable bonds is 9. The maximum Gasteiger partial charge on any atom is 0.343 e. The highest BCUT2D eigenvalue weighted by atomic mass is 31.2. The number of hydrogen-bond donors (Lipinski definition) is 2. The average Bonchev–Trinajstić information content (AvgIpc) is 2.51. The second-order valence-electron chi connectivity index (χ2n) is 5.78. The summed E-state index contributed by atoms with van der Waals surface area (Å²) in [5, 5.41) is -1.87. The Morgan fingerprint density at radius 1 is 1.35 bits per heavy atom. The van der Waals surface area contributed by atoms with Crippen LogP contribution in [0.15, 0.2) is 0 Å². The van der Waals surface area contributed by atoms with Crippen molar-refractivity contribution in [1.82, 2.24) is 0 Å². The van der Waals surface area contributed by atoms with Crippen molar-refractivity contribution in [3.63, 3.8) is 0 Å². The number of hydrogen-bond acceptors (Lipinski definition) is 5. The highest BCUT2D eigenvalue weighted by Crippen LogP contribution is 2.58. The summed E-state index contributed by atoms with van der Waals surface area (Å²) in [7, 11) is -4.73. The van der Waals surface area contributed by atoms with Crippen LogP contribution >= 0.6 is 7.60 Å². The fraction of sp³-hybridized carbons (Fsp3) is 0.933. The van der Waals surface area contributed by atoms with Crippen molar-refractivity contribution in [2.24, 2.45) is 5.92 Å². The molecule has 1 saturated heterocycles. The Hall–Kier alpha value is -0.460. The highest BCUT2D eigenvalue weighted by molar-refractivity contribution is 7.54. The molecule has 8 heteroatoms. The van der Waals surface area contributed by atoms with Gasteiger partial charge in [0.15, 0.2) is 11.4 Å². The van der Waals surface area contributed by atoms with E-state index in [1.54, 1.807) is 20.8 Å². The van der Waals surface area contributed by atoms with Crippen LogP contribution < -0.4 is 0 Å². The summed E-state index contributed by atoms with van der Waals surface area (Å²) in [6.45, 7) is 5.75. The van der Waals surface area contributed by atoms with Crippen LogP contribution in [0.4, 0.5) is 0 Å². The maximum atomic E-state index is 12.4. The molecular weight excluding hydrogens is 323 g/mol. The molecule has 1 aliphatic rings. The van der Waals surface area contributed by atoms with Gasteiger partial charge >= 0.3 is 13.6 Å². The van der Waals surface area contributed by atoms with E-state index in [2.05, 4.69) is 0 Å². The third kappa shape index (κ3) is 4.77. The van der Waals surface area contributed by atoms with Gasteiger partial charge in [0.2, 0.25) is 0 Å². The Labute approximate surface area is 137 Å². The fourth-order valence-electron chi connectivity index (χ4n) is 3.08. The summed E-state index contributed by atoms with van der Waals surface area (Å²) in [4.78, 5) is 32.2. The minimum absolute atomic E-state index is 0.0104. The van der Waals surface area contributed by atoms with Crippen LogP contribution in [0.1, 0.15) is 52.9 Å². The Morgan fingerprint density at radius 2 is 2.04 bits per heavy atom. The Bertz CT molecular complexity index is 416. The quantitative estimate of drug-likeness (QED) is 0.485. The average molecular weight is 352 g/mol. The van der Waals surface area contributed by atoms with E-state index >= 15 is 0 Å². The second-order valence-corrected chi connectivity index (χ2v) is 7.66. The van der Waals surface area contributed by atoms with E-state index in [4.69, 9.17) is 14.2 Å². The lowest BCUT2D eigenvalue weighted by molar-refractivity contribution is -0.175. The number of carbonyl (C=O) groups is 1. The molecule has 0 aliphatic carbocycles. The van der Waals surface area contributed by atoms with Crippen LogP contribution in [-0.4, -0.2) is 47.0 Å². The molecule has 3 atom stereocenters. The number of ether oxygens (including phenoxy) is 3. The van der Waals surface area contributed by atoms with E-state index < -0.39 is 24.6 Å². The first kappa shape index (κ1) is 20.6. The van der Waals surface area contributed by atoms with E-state index in [-0.39, 0.29) is 25.9 Å². The largest absolute Gasteiger partial charge is 0.465 e. The van der Waals surface area contributed by atoms with Crippen molar-refractivity contribution in [2.45, 2.75) is 64.3 Å². The minimum Gasteiger partial charge on any atom is -0.465 e. The first-order valence-corrected chi connectivity index (χ1v) is 9.90. The number of carbonyl (C=O) groups excluding carboxylic acids is 1. The summed E-state index contributed by atoms with van der Waals surface area (Å²) in [6.07, 6.45) is 2.75. The molecule has 0 aromatic carbocycles. The van der Waals surface area contributed by atoms with E-state index in [1.165, 1.54) is 0 Å². The van der Waals surface area contributed by atoms with Gasteiger partial charge in [-0.15, -0.1) is 0 Å². The molecule has 0 bridgehead atoms. The van der Waals surface area contributed by atoms with Crippen LogP contribution in [0.25, 0.3) is 0 Å². The zero-order valence-electron chi connectivity index (χ0n) is 14.2. The molecule has 0 amide bonds. The van der Waals surface area contributed by atoms with Crippen molar-refractivity contribution in [2.75, 3.05) is 19.8 Å². The molecule has 1 heterocycles. The molecule has 1 rings (SSSR count). The van der Waals surface area contributed by atoms with Crippen LogP contribution in [-0.2, 0) is 23.6 Å². The van der Waals surface area contributed by atoms with Crippen LogP contribution in [0.3, 0.4) is 0 Å². The van der Waals surface area contributed by atoms with Gasteiger partial charge in [0, 0.05) is 12.5 Å². The van der Waals surface area contributed by atoms with Gasteiger partial charge in [-0.05, 0) is 39.0 Å². The van der Waals surface area contributed by atoms with Gasteiger partial charge in [0.05, 0.1) is 13.2 Å². The molecule has 2 N–H and O–H groups in total. The molecule has 0 aromatic rings. The summed E-state index contributed by atoms with van der Waals surface area (Å²) >= 11 is 0. The lowest BCUT2D eigenvalue weighted by atomic mass is 9.87. The van der Waals surface area contributed by atoms with Crippen LogP contribution in [0.5, 0.6) is 0 Å². The molecule has 1 fully saturated rings. The molecule has 0 aromatic heterocycles. The van der Waals surface area contributed by atoms with Crippen molar-refractivity contribution in [3.05, 3.63) is 0 Å². The Kier molecular flexibility index (Phi) is 8.18. The van der Waals surface area contributed by atoms with Gasteiger partial charge in [-0.3, -0.25) is 9.36 Å². The first-order chi connectivity index (χ1) is 10.8. The first-order valence-electron chi connectivity index (χ1n) is 8.29. The molecular formula is C15H29O7P.